The summed E-state index contributed by atoms with van der Waals surface area (Å²) in [7, 11) is 0. The average Bonchev–Trinajstić information content (AvgIpc) is 2.78. The minimum absolute atomic E-state index is 0.0602. The molecule has 0 aliphatic heterocycles. The third-order valence-corrected chi connectivity index (χ3v) is 5.31. The molecule has 0 aliphatic rings. The fourth-order valence-corrected chi connectivity index (χ4v) is 3.46. The Morgan fingerprint density at radius 1 is 1.12 bits per heavy atom. The van der Waals surface area contributed by atoms with Crippen molar-refractivity contribution < 1.29 is 19.1 Å². The number of carboxylic acids is 1. The summed E-state index contributed by atoms with van der Waals surface area (Å²) in [5.74, 6) is -1.66. The molecular formula is C23H22ClFN4O4. The molecule has 172 valence electrons. The minimum atomic E-state index is -1.10. The number of nitrogens with one attached hydrogen (secondary N) is 2. The summed E-state index contributed by atoms with van der Waals surface area (Å²) in [6, 6.07) is 12.4. The van der Waals surface area contributed by atoms with Gasteiger partial charge in [0.2, 0.25) is 0 Å². The lowest BCUT2D eigenvalue weighted by atomic mass is 10.0. The Morgan fingerprint density at radius 2 is 1.85 bits per heavy atom. The number of anilines is 1. The van der Waals surface area contributed by atoms with Crippen LogP contribution in [-0.4, -0.2) is 21.7 Å². The van der Waals surface area contributed by atoms with Gasteiger partial charge in [0, 0.05) is 23.3 Å². The fraction of sp³-hybridized carbons (Fsp3) is 0.174. The van der Waals surface area contributed by atoms with Gasteiger partial charge in [0.25, 0.3) is 5.56 Å². The van der Waals surface area contributed by atoms with Crippen molar-refractivity contribution in [3.05, 3.63) is 98.7 Å². The summed E-state index contributed by atoms with van der Waals surface area (Å²) >= 11 is 6.04. The number of carbonyl (C=O) groups is 2. The second-order valence-corrected chi connectivity index (χ2v) is 7.66. The van der Waals surface area contributed by atoms with E-state index in [-0.39, 0.29) is 29.2 Å². The van der Waals surface area contributed by atoms with E-state index in [1.807, 2.05) is 0 Å². The first-order chi connectivity index (χ1) is 15.8. The highest BCUT2D eigenvalue weighted by atomic mass is 35.5. The van der Waals surface area contributed by atoms with Crippen LogP contribution in [0.2, 0.25) is 5.02 Å². The van der Waals surface area contributed by atoms with Crippen molar-refractivity contribution in [2.75, 3.05) is 5.32 Å². The van der Waals surface area contributed by atoms with Gasteiger partial charge in [-0.15, -0.1) is 0 Å². The molecule has 1 unspecified atom stereocenters. The quantitative estimate of drug-likeness (QED) is 0.399. The number of hydrogen-bond donors (Lipinski definition) is 4. The number of rotatable bonds is 8. The predicted molar refractivity (Wildman–Crippen MR) is 123 cm³/mol. The van der Waals surface area contributed by atoms with E-state index in [9.17, 15) is 23.9 Å². The van der Waals surface area contributed by atoms with Crippen LogP contribution in [0.15, 0.2) is 65.6 Å². The maximum Gasteiger partial charge on any atom is 0.319 e. The molecule has 0 fully saturated rings. The van der Waals surface area contributed by atoms with Gasteiger partial charge >= 0.3 is 12.0 Å². The number of urea groups is 1. The van der Waals surface area contributed by atoms with Gasteiger partial charge in [-0.3, -0.25) is 9.59 Å². The summed E-state index contributed by atoms with van der Waals surface area (Å²) < 4.78 is 15.3. The van der Waals surface area contributed by atoms with E-state index in [0.717, 1.165) is 5.56 Å². The predicted octanol–water partition coefficient (Wildman–Crippen LogP) is 3.49. The molecule has 5 N–H and O–H groups in total. The van der Waals surface area contributed by atoms with Crippen LogP contribution >= 0.6 is 11.6 Å². The van der Waals surface area contributed by atoms with Crippen LogP contribution in [0.3, 0.4) is 0 Å². The number of benzene rings is 2. The standard InChI is InChI=1S/C23H22ClFN4O4/c24-17-3-1-4-18(25)16(17)13-29-10-2-5-19(22(29)32)27-23(33)28-20(11-21(30)31)15-8-6-14(12-26)7-9-15/h1-10,20H,11-13,26H2,(H,30,31)(H2,27,28,33). The van der Waals surface area contributed by atoms with E-state index >= 15 is 0 Å². The van der Waals surface area contributed by atoms with E-state index in [1.165, 1.54) is 41.1 Å². The summed E-state index contributed by atoms with van der Waals surface area (Å²) in [4.78, 5) is 36.6. The second kappa shape index (κ2) is 10.8. The van der Waals surface area contributed by atoms with Gasteiger partial charge in [0.15, 0.2) is 0 Å². The van der Waals surface area contributed by atoms with Crippen LogP contribution in [0.1, 0.15) is 29.2 Å². The lowest BCUT2D eigenvalue weighted by Gasteiger charge is -2.18. The van der Waals surface area contributed by atoms with Crippen molar-refractivity contribution in [1.82, 2.24) is 9.88 Å². The van der Waals surface area contributed by atoms with Gasteiger partial charge < -0.3 is 26.0 Å². The molecule has 0 radical (unpaired) electrons. The molecule has 0 aliphatic carbocycles. The highest BCUT2D eigenvalue weighted by molar-refractivity contribution is 6.31. The normalized spacial score (nSPS) is 11.6. The summed E-state index contributed by atoms with van der Waals surface area (Å²) in [6.07, 6.45) is 1.08. The maximum atomic E-state index is 14.1. The highest BCUT2D eigenvalue weighted by Gasteiger charge is 2.19. The van der Waals surface area contributed by atoms with Gasteiger partial charge in [-0.25, -0.2) is 9.18 Å². The first kappa shape index (κ1) is 24.0. The molecule has 0 spiro atoms. The Hall–Kier alpha value is -3.69. The van der Waals surface area contributed by atoms with Crippen molar-refractivity contribution in [3.63, 3.8) is 0 Å². The first-order valence-electron chi connectivity index (χ1n) is 9.99. The molecule has 3 aromatic rings. The average molecular weight is 473 g/mol. The van der Waals surface area contributed by atoms with Crippen molar-refractivity contribution in [2.24, 2.45) is 5.73 Å². The first-order valence-corrected chi connectivity index (χ1v) is 10.4. The van der Waals surface area contributed by atoms with Crippen LogP contribution in [0.4, 0.5) is 14.9 Å². The van der Waals surface area contributed by atoms with Crippen molar-refractivity contribution in [1.29, 1.82) is 0 Å². The number of carboxylic acid groups (broad SMARTS) is 1. The van der Waals surface area contributed by atoms with Gasteiger partial charge in [-0.05, 0) is 35.4 Å². The lowest BCUT2D eigenvalue weighted by molar-refractivity contribution is -0.137. The molecule has 1 heterocycles. The number of halogens is 2. The number of aromatic nitrogens is 1. The molecule has 0 saturated heterocycles. The van der Waals surface area contributed by atoms with Crippen LogP contribution in [-0.2, 0) is 17.9 Å². The van der Waals surface area contributed by atoms with Crippen molar-refractivity contribution >= 4 is 29.3 Å². The SMILES string of the molecule is NCc1ccc(C(CC(=O)O)NC(=O)Nc2cccn(Cc3c(F)cccc3Cl)c2=O)cc1. The molecule has 0 bridgehead atoms. The van der Waals surface area contributed by atoms with Crippen LogP contribution in [0, 0.1) is 5.82 Å². The molecule has 0 saturated carbocycles. The Labute approximate surface area is 193 Å². The van der Waals surface area contributed by atoms with Gasteiger partial charge in [0.1, 0.15) is 11.5 Å². The van der Waals surface area contributed by atoms with E-state index in [1.54, 1.807) is 24.3 Å². The largest absolute Gasteiger partial charge is 0.481 e. The summed E-state index contributed by atoms with van der Waals surface area (Å²) in [6.45, 7) is 0.201. The van der Waals surface area contributed by atoms with E-state index in [2.05, 4.69) is 10.6 Å². The lowest BCUT2D eigenvalue weighted by Crippen LogP contribution is -2.36. The van der Waals surface area contributed by atoms with Gasteiger partial charge in [0.05, 0.1) is 19.0 Å². The third kappa shape index (κ3) is 6.18. The number of aliphatic carboxylic acids is 1. The number of hydrogen-bond acceptors (Lipinski definition) is 4. The zero-order valence-electron chi connectivity index (χ0n) is 17.4. The topological polar surface area (TPSA) is 126 Å². The Kier molecular flexibility index (Phi) is 7.81. The minimum Gasteiger partial charge on any atom is -0.481 e. The number of nitrogens with zero attached hydrogens (tertiary/aromatic N) is 1. The van der Waals surface area contributed by atoms with E-state index in [0.29, 0.717) is 12.1 Å². The van der Waals surface area contributed by atoms with Crippen LogP contribution in [0.5, 0.6) is 0 Å². The van der Waals surface area contributed by atoms with Crippen molar-refractivity contribution in [2.45, 2.75) is 25.6 Å². The number of amides is 2. The smallest absolute Gasteiger partial charge is 0.319 e. The summed E-state index contributed by atoms with van der Waals surface area (Å²) in [5.41, 5.74) is 6.52. The van der Waals surface area contributed by atoms with Gasteiger partial charge in [-0.2, -0.15) is 0 Å². The Bertz CT molecular complexity index is 1190. The molecule has 8 nitrogen and oxygen atoms in total. The van der Waals surface area contributed by atoms with Gasteiger partial charge in [-0.1, -0.05) is 41.9 Å². The zero-order valence-corrected chi connectivity index (χ0v) is 18.2. The van der Waals surface area contributed by atoms with Crippen LogP contribution < -0.4 is 21.9 Å². The molecule has 2 amide bonds. The maximum absolute atomic E-state index is 14.1. The highest BCUT2D eigenvalue weighted by Crippen LogP contribution is 2.20. The Balaban J connectivity index is 1.77. The molecule has 1 atom stereocenters. The van der Waals surface area contributed by atoms with Crippen LogP contribution in [0.25, 0.3) is 0 Å². The second-order valence-electron chi connectivity index (χ2n) is 7.25. The molecule has 3 rings (SSSR count). The number of nitrogens with two attached hydrogens (primary N) is 1. The number of carbonyl (C=O) groups excluding carboxylic acids is 1. The third-order valence-electron chi connectivity index (χ3n) is 4.96. The fourth-order valence-electron chi connectivity index (χ4n) is 3.24. The monoisotopic (exact) mass is 472 g/mol. The van der Waals surface area contributed by atoms with E-state index < -0.39 is 29.4 Å². The Morgan fingerprint density at radius 3 is 2.48 bits per heavy atom. The molecular weight excluding hydrogens is 451 g/mol. The molecule has 10 heteroatoms. The molecule has 33 heavy (non-hydrogen) atoms. The zero-order chi connectivity index (χ0) is 24.0. The molecule has 1 aromatic heterocycles. The number of pyridine rings is 1. The van der Waals surface area contributed by atoms with E-state index in [4.69, 9.17) is 17.3 Å². The van der Waals surface area contributed by atoms with Crippen molar-refractivity contribution in [3.8, 4) is 0 Å². The molecule has 2 aromatic carbocycles. The summed E-state index contributed by atoms with van der Waals surface area (Å²) in [5, 5.41) is 14.4.